The predicted molar refractivity (Wildman–Crippen MR) is 101 cm³/mol. The van der Waals surface area contributed by atoms with E-state index in [4.69, 9.17) is 18.7 Å². The summed E-state index contributed by atoms with van der Waals surface area (Å²) in [5.41, 5.74) is 0.804. The third-order valence-corrected chi connectivity index (χ3v) is 5.47. The molecule has 162 valence electrons. The minimum absolute atomic E-state index is 0.0506. The van der Waals surface area contributed by atoms with Crippen molar-refractivity contribution in [3.63, 3.8) is 0 Å². The molecule has 1 saturated carbocycles. The van der Waals surface area contributed by atoms with Gasteiger partial charge in [-0.1, -0.05) is 30.3 Å². The van der Waals surface area contributed by atoms with Crippen molar-refractivity contribution >= 4 is 19.9 Å². The van der Waals surface area contributed by atoms with Gasteiger partial charge in [0.25, 0.3) is 0 Å². The Morgan fingerprint density at radius 1 is 1.17 bits per heavy atom. The van der Waals surface area contributed by atoms with Crippen LogP contribution in [0.1, 0.15) is 18.9 Å². The van der Waals surface area contributed by atoms with Crippen molar-refractivity contribution in [2.75, 3.05) is 20.8 Å². The van der Waals surface area contributed by atoms with E-state index in [0.717, 1.165) is 12.7 Å². The van der Waals surface area contributed by atoms with Crippen molar-refractivity contribution in [1.82, 2.24) is 5.32 Å². The van der Waals surface area contributed by atoms with E-state index in [1.807, 2.05) is 18.2 Å². The molecular weight excluding hydrogens is 405 g/mol. The number of benzene rings is 1. The molecule has 1 fully saturated rings. The number of rotatable bonds is 9. The van der Waals surface area contributed by atoms with Crippen LogP contribution >= 0.6 is 7.82 Å². The molecule has 1 aliphatic carbocycles. The minimum Gasteiger partial charge on any atom is -0.434 e. The quantitative estimate of drug-likeness (QED) is 0.445. The maximum Gasteiger partial charge on any atom is 0.508 e. The number of hydrogen-bond acceptors (Lipinski definition) is 8. The number of carbonyl (C=O) groups excluding carboxylic acids is 2. The number of methoxy groups -OCH3 is 1. The standard InChI is InChI=1S/C18H26NO9P/c1-12(20)19-15-9-14(16(17(15)24-2)28-29(22,23)25-3)11-27-18(21)26-10-13-7-5-4-6-8-13/h4-8,14-17H,9-11H2,1-3H3,(H,19,20)(H,22,23)/t14-,15+,16+,17?/m1/s1. The largest absolute Gasteiger partial charge is 0.508 e. The zero-order valence-corrected chi connectivity index (χ0v) is 17.4. The number of amides is 1. The molecule has 0 aromatic heterocycles. The second kappa shape index (κ2) is 10.7. The van der Waals surface area contributed by atoms with Crippen LogP contribution in [0, 0.1) is 5.92 Å². The molecule has 10 nitrogen and oxygen atoms in total. The molecule has 2 unspecified atom stereocenters. The van der Waals surface area contributed by atoms with Crippen LogP contribution < -0.4 is 5.32 Å². The summed E-state index contributed by atoms with van der Waals surface area (Å²) in [6, 6.07) is 8.60. The molecule has 5 atom stereocenters. The van der Waals surface area contributed by atoms with Gasteiger partial charge in [-0.25, -0.2) is 9.36 Å². The van der Waals surface area contributed by atoms with Crippen molar-refractivity contribution in [1.29, 1.82) is 0 Å². The normalized spacial score (nSPS) is 25.8. The van der Waals surface area contributed by atoms with E-state index >= 15 is 0 Å². The fraction of sp³-hybridized carbons (Fsp3) is 0.556. The van der Waals surface area contributed by atoms with Crippen molar-refractivity contribution in [2.24, 2.45) is 5.92 Å². The summed E-state index contributed by atoms with van der Waals surface area (Å²) in [4.78, 5) is 33.1. The Kier molecular flexibility index (Phi) is 8.60. The van der Waals surface area contributed by atoms with Crippen LogP contribution in [0.3, 0.4) is 0 Å². The van der Waals surface area contributed by atoms with Gasteiger partial charge in [0.1, 0.15) is 25.4 Å². The van der Waals surface area contributed by atoms with Crippen LogP contribution in [0.2, 0.25) is 0 Å². The molecule has 1 aromatic carbocycles. The van der Waals surface area contributed by atoms with Crippen molar-refractivity contribution < 1.29 is 42.3 Å². The Hall–Kier alpha value is -1.97. The molecule has 0 radical (unpaired) electrons. The molecule has 11 heteroatoms. The highest BCUT2D eigenvalue weighted by Gasteiger charge is 2.48. The van der Waals surface area contributed by atoms with Gasteiger partial charge in [-0.3, -0.25) is 13.8 Å². The Morgan fingerprint density at radius 3 is 2.45 bits per heavy atom. The first kappa shape index (κ1) is 23.3. The molecule has 0 spiro atoms. The average Bonchev–Trinajstić information content (AvgIpc) is 3.00. The third kappa shape index (κ3) is 7.09. The molecular formula is C18H26NO9P. The summed E-state index contributed by atoms with van der Waals surface area (Å²) in [6.45, 7) is 1.24. The van der Waals surface area contributed by atoms with Crippen LogP contribution in [0.25, 0.3) is 0 Å². The van der Waals surface area contributed by atoms with Gasteiger partial charge in [-0.2, -0.15) is 0 Å². The highest BCUT2D eigenvalue weighted by molar-refractivity contribution is 7.47. The van der Waals surface area contributed by atoms with Crippen molar-refractivity contribution in [3.8, 4) is 0 Å². The van der Waals surface area contributed by atoms with E-state index in [1.54, 1.807) is 12.1 Å². The summed E-state index contributed by atoms with van der Waals surface area (Å²) in [5.74, 6) is -0.824. The van der Waals surface area contributed by atoms with Crippen LogP contribution in [0.15, 0.2) is 30.3 Å². The van der Waals surface area contributed by atoms with Gasteiger partial charge in [0.2, 0.25) is 5.91 Å². The molecule has 0 heterocycles. The number of hydrogen-bond donors (Lipinski definition) is 2. The summed E-state index contributed by atoms with van der Waals surface area (Å²) < 4.78 is 37.2. The highest BCUT2D eigenvalue weighted by atomic mass is 31.2. The topological polar surface area (TPSA) is 130 Å². The van der Waals surface area contributed by atoms with E-state index < -0.39 is 38.1 Å². The van der Waals surface area contributed by atoms with Gasteiger partial charge in [0, 0.05) is 27.1 Å². The molecule has 0 saturated heterocycles. The number of phosphoric ester groups is 1. The van der Waals surface area contributed by atoms with Crippen LogP contribution in [-0.4, -0.2) is 56.0 Å². The van der Waals surface area contributed by atoms with Crippen LogP contribution in [0.5, 0.6) is 0 Å². The highest BCUT2D eigenvalue weighted by Crippen LogP contribution is 2.48. The molecule has 1 aromatic rings. The van der Waals surface area contributed by atoms with Gasteiger partial charge in [0.15, 0.2) is 0 Å². The average molecular weight is 431 g/mol. The Morgan fingerprint density at radius 2 is 1.86 bits per heavy atom. The molecule has 1 aliphatic rings. The zero-order chi connectivity index (χ0) is 21.4. The molecule has 0 bridgehead atoms. The predicted octanol–water partition coefficient (Wildman–Crippen LogP) is 2.01. The van der Waals surface area contributed by atoms with Crippen LogP contribution in [0.4, 0.5) is 4.79 Å². The summed E-state index contributed by atoms with van der Waals surface area (Å²) in [5, 5.41) is 2.71. The van der Waals surface area contributed by atoms with Gasteiger partial charge in [-0.15, -0.1) is 0 Å². The lowest BCUT2D eigenvalue weighted by molar-refractivity contribution is -0.120. The lowest BCUT2D eigenvalue weighted by Crippen LogP contribution is -2.44. The molecule has 2 N–H and O–H groups in total. The summed E-state index contributed by atoms with van der Waals surface area (Å²) in [6.07, 6.45) is -2.26. The third-order valence-electron chi connectivity index (χ3n) is 4.50. The number of nitrogens with one attached hydrogen (secondary N) is 1. The molecule has 2 rings (SSSR count). The molecule has 1 amide bonds. The smallest absolute Gasteiger partial charge is 0.434 e. The maximum atomic E-state index is 11.9. The number of phosphoric acid groups is 1. The lowest BCUT2D eigenvalue weighted by atomic mass is 10.1. The maximum absolute atomic E-state index is 11.9. The number of carbonyl (C=O) groups is 2. The van der Waals surface area contributed by atoms with E-state index in [-0.39, 0.29) is 19.1 Å². The monoisotopic (exact) mass is 431 g/mol. The van der Waals surface area contributed by atoms with Crippen LogP contribution in [-0.2, 0) is 39.2 Å². The second-order valence-corrected chi connectivity index (χ2v) is 8.07. The fourth-order valence-corrected chi connectivity index (χ4v) is 3.92. The zero-order valence-electron chi connectivity index (χ0n) is 16.5. The fourth-order valence-electron chi connectivity index (χ4n) is 3.23. The van der Waals surface area contributed by atoms with Crippen molar-refractivity contribution in [2.45, 2.75) is 38.2 Å². The van der Waals surface area contributed by atoms with Gasteiger partial charge >= 0.3 is 14.0 Å². The van der Waals surface area contributed by atoms with Gasteiger partial charge < -0.3 is 24.4 Å². The first-order valence-electron chi connectivity index (χ1n) is 8.96. The van der Waals surface area contributed by atoms with E-state index in [2.05, 4.69) is 9.84 Å². The lowest BCUT2D eigenvalue weighted by Gasteiger charge is -2.26. The van der Waals surface area contributed by atoms with Gasteiger partial charge in [-0.05, 0) is 12.0 Å². The summed E-state index contributed by atoms with van der Waals surface area (Å²) in [7, 11) is -1.91. The number of ether oxygens (including phenoxy) is 3. The van der Waals surface area contributed by atoms with E-state index in [1.165, 1.54) is 14.0 Å². The first-order valence-corrected chi connectivity index (χ1v) is 10.5. The SMILES string of the molecule is COC1[C@@H](NC(C)=O)C[C@H](COC(=O)OCc2ccccc2)[C@@H]1OP(=O)(O)OC. The Balaban J connectivity index is 1.99. The van der Waals surface area contributed by atoms with E-state index in [0.29, 0.717) is 6.42 Å². The summed E-state index contributed by atoms with van der Waals surface area (Å²) >= 11 is 0. The second-order valence-electron chi connectivity index (χ2n) is 6.56. The molecule has 29 heavy (non-hydrogen) atoms. The minimum atomic E-state index is -4.34. The van der Waals surface area contributed by atoms with Gasteiger partial charge in [0.05, 0.1) is 6.04 Å². The Bertz CT molecular complexity index is 729. The van der Waals surface area contributed by atoms with Crippen molar-refractivity contribution in [3.05, 3.63) is 35.9 Å². The van der Waals surface area contributed by atoms with E-state index in [9.17, 15) is 19.0 Å². The molecule has 0 aliphatic heterocycles. The Labute approximate surface area is 169 Å². The first-order chi connectivity index (χ1) is 13.8.